The number of sulfonamides is 1. The molecule has 4 rings (SSSR count). The summed E-state index contributed by atoms with van der Waals surface area (Å²) in [5.74, 6) is 0.668. The lowest BCUT2D eigenvalue weighted by Gasteiger charge is -2.17. The van der Waals surface area contributed by atoms with Crippen molar-refractivity contribution in [2.24, 2.45) is 5.92 Å². The minimum atomic E-state index is -3.65. The second-order valence-electron chi connectivity index (χ2n) is 7.36. The van der Waals surface area contributed by atoms with Gasteiger partial charge in [0.2, 0.25) is 15.9 Å². The normalized spacial score (nSPS) is 16.9. The molecule has 0 aliphatic carbocycles. The van der Waals surface area contributed by atoms with Gasteiger partial charge in [-0.05, 0) is 60.0 Å². The predicted molar refractivity (Wildman–Crippen MR) is 117 cm³/mol. The van der Waals surface area contributed by atoms with Gasteiger partial charge in [0, 0.05) is 25.2 Å². The number of carbonyl (C=O) groups excluding carboxylic acids is 1. The second kappa shape index (κ2) is 8.45. The molecule has 30 heavy (non-hydrogen) atoms. The van der Waals surface area contributed by atoms with Crippen molar-refractivity contribution in [2.45, 2.75) is 18.2 Å². The molecule has 1 N–H and O–H groups in total. The molecule has 0 saturated carbocycles. The van der Waals surface area contributed by atoms with Crippen LogP contribution in [0.15, 0.2) is 71.6 Å². The van der Waals surface area contributed by atoms with E-state index < -0.39 is 10.0 Å². The highest BCUT2D eigenvalue weighted by atomic mass is 32.2. The molecule has 0 aromatic heterocycles. The molecule has 1 aliphatic heterocycles. The lowest BCUT2D eigenvalue weighted by atomic mass is 10.1. The Morgan fingerprint density at radius 1 is 1.03 bits per heavy atom. The Morgan fingerprint density at radius 2 is 1.77 bits per heavy atom. The number of hydrogen-bond donors (Lipinski definition) is 1. The SMILES string of the molecule is CCOc1ccc(N2CC(CNS(=O)(=O)c3ccc4ccccc4c3)CC2=O)cc1. The molecule has 1 unspecified atom stereocenters. The molecule has 7 heteroatoms. The average molecular weight is 425 g/mol. The summed E-state index contributed by atoms with van der Waals surface area (Å²) in [6.45, 7) is 3.20. The van der Waals surface area contributed by atoms with Crippen molar-refractivity contribution >= 4 is 32.4 Å². The van der Waals surface area contributed by atoms with Crippen LogP contribution < -0.4 is 14.4 Å². The monoisotopic (exact) mass is 424 g/mol. The minimum Gasteiger partial charge on any atom is -0.494 e. The Hall–Kier alpha value is -2.90. The smallest absolute Gasteiger partial charge is 0.240 e. The van der Waals surface area contributed by atoms with E-state index in [9.17, 15) is 13.2 Å². The van der Waals surface area contributed by atoms with E-state index in [1.54, 1.807) is 23.1 Å². The summed E-state index contributed by atoms with van der Waals surface area (Å²) in [5.41, 5.74) is 0.795. The van der Waals surface area contributed by atoms with E-state index >= 15 is 0 Å². The molecular weight excluding hydrogens is 400 g/mol. The van der Waals surface area contributed by atoms with Crippen LogP contribution in [-0.4, -0.2) is 34.0 Å². The molecule has 1 amide bonds. The molecule has 6 nitrogen and oxygen atoms in total. The van der Waals surface area contributed by atoms with Gasteiger partial charge >= 0.3 is 0 Å². The van der Waals surface area contributed by atoms with Crippen LogP contribution >= 0.6 is 0 Å². The highest BCUT2D eigenvalue weighted by Crippen LogP contribution is 2.27. The summed E-state index contributed by atoms with van der Waals surface area (Å²) in [4.78, 5) is 14.4. The number of rotatable bonds is 7. The topological polar surface area (TPSA) is 75.7 Å². The molecule has 0 bridgehead atoms. The van der Waals surface area contributed by atoms with E-state index in [-0.39, 0.29) is 23.3 Å². The van der Waals surface area contributed by atoms with Crippen LogP contribution in [0.4, 0.5) is 5.69 Å². The van der Waals surface area contributed by atoms with Crippen LogP contribution in [0.2, 0.25) is 0 Å². The zero-order valence-corrected chi connectivity index (χ0v) is 17.6. The highest BCUT2D eigenvalue weighted by molar-refractivity contribution is 7.89. The van der Waals surface area contributed by atoms with Crippen molar-refractivity contribution in [3.05, 3.63) is 66.7 Å². The van der Waals surface area contributed by atoms with Gasteiger partial charge in [-0.3, -0.25) is 4.79 Å². The van der Waals surface area contributed by atoms with E-state index in [0.717, 1.165) is 22.2 Å². The molecule has 1 aliphatic rings. The zero-order valence-electron chi connectivity index (χ0n) is 16.7. The highest BCUT2D eigenvalue weighted by Gasteiger charge is 2.31. The van der Waals surface area contributed by atoms with Gasteiger partial charge in [0.25, 0.3) is 0 Å². The van der Waals surface area contributed by atoms with Crippen molar-refractivity contribution in [2.75, 3.05) is 24.6 Å². The first-order valence-electron chi connectivity index (χ1n) is 9.98. The Balaban J connectivity index is 1.41. The van der Waals surface area contributed by atoms with Gasteiger partial charge in [-0.15, -0.1) is 0 Å². The third-order valence-electron chi connectivity index (χ3n) is 5.26. The maximum absolute atomic E-state index is 12.7. The number of amides is 1. The van der Waals surface area contributed by atoms with Gasteiger partial charge < -0.3 is 9.64 Å². The van der Waals surface area contributed by atoms with Crippen molar-refractivity contribution in [3.63, 3.8) is 0 Å². The maximum atomic E-state index is 12.7. The Kier molecular flexibility index (Phi) is 5.74. The minimum absolute atomic E-state index is 0.00550. The lowest BCUT2D eigenvalue weighted by molar-refractivity contribution is -0.117. The standard InChI is InChI=1S/C23H24N2O4S/c1-2-29-21-10-8-20(9-11-21)25-16-17(13-23(25)26)15-24-30(27,28)22-12-7-18-5-3-4-6-19(18)14-22/h3-12,14,17,24H,2,13,15-16H2,1H3. The summed E-state index contributed by atoms with van der Waals surface area (Å²) in [5, 5.41) is 1.86. The molecule has 1 saturated heterocycles. The Morgan fingerprint density at radius 3 is 2.50 bits per heavy atom. The van der Waals surface area contributed by atoms with Crippen LogP contribution in [0, 0.1) is 5.92 Å². The Labute approximate surface area is 176 Å². The van der Waals surface area contributed by atoms with Gasteiger partial charge in [0.15, 0.2) is 0 Å². The van der Waals surface area contributed by atoms with Crippen molar-refractivity contribution < 1.29 is 17.9 Å². The zero-order chi connectivity index (χ0) is 21.1. The first-order chi connectivity index (χ1) is 14.5. The van der Waals surface area contributed by atoms with Gasteiger partial charge in [-0.2, -0.15) is 0 Å². The van der Waals surface area contributed by atoms with Gasteiger partial charge in [-0.1, -0.05) is 30.3 Å². The van der Waals surface area contributed by atoms with E-state index in [4.69, 9.17) is 4.74 Å². The van der Waals surface area contributed by atoms with E-state index in [2.05, 4.69) is 4.72 Å². The molecular formula is C23H24N2O4S. The predicted octanol–water partition coefficient (Wildman–Crippen LogP) is 3.57. The largest absolute Gasteiger partial charge is 0.494 e. The molecule has 156 valence electrons. The number of ether oxygens (including phenoxy) is 1. The van der Waals surface area contributed by atoms with Crippen LogP contribution in [0.25, 0.3) is 10.8 Å². The molecule has 1 fully saturated rings. The van der Waals surface area contributed by atoms with Crippen LogP contribution in [-0.2, 0) is 14.8 Å². The number of fused-ring (bicyclic) bond motifs is 1. The van der Waals surface area contributed by atoms with Crippen molar-refractivity contribution in [1.29, 1.82) is 0 Å². The number of benzene rings is 3. The summed E-state index contributed by atoms with van der Waals surface area (Å²) in [7, 11) is -3.65. The number of carbonyl (C=O) groups is 1. The van der Waals surface area contributed by atoms with Crippen molar-refractivity contribution in [3.8, 4) is 5.75 Å². The fourth-order valence-electron chi connectivity index (χ4n) is 3.70. The fraction of sp³-hybridized carbons (Fsp3) is 0.261. The first-order valence-corrected chi connectivity index (χ1v) is 11.5. The summed E-state index contributed by atoms with van der Waals surface area (Å²) in [6, 6.07) is 20.1. The van der Waals surface area contributed by atoms with E-state index in [1.807, 2.05) is 55.5 Å². The molecule has 1 heterocycles. The van der Waals surface area contributed by atoms with Gasteiger partial charge in [-0.25, -0.2) is 13.1 Å². The molecule has 1 atom stereocenters. The summed E-state index contributed by atoms with van der Waals surface area (Å²) >= 11 is 0. The average Bonchev–Trinajstić information content (AvgIpc) is 3.13. The fourth-order valence-corrected chi connectivity index (χ4v) is 4.85. The first kappa shape index (κ1) is 20.4. The van der Waals surface area contributed by atoms with Crippen LogP contribution in [0.5, 0.6) is 5.75 Å². The van der Waals surface area contributed by atoms with Crippen molar-refractivity contribution in [1.82, 2.24) is 4.72 Å². The number of hydrogen-bond acceptors (Lipinski definition) is 4. The molecule has 0 spiro atoms. The van der Waals surface area contributed by atoms with Gasteiger partial charge in [0.1, 0.15) is 5.75 Å². The lowest BCUT2D eigenvalue weighted by Crippen LogP contribution is -2.31. The third kappa shape index (κ3) is 4.32. The summed E-state index contributed by atoms with van der Waals surface area (Å²) < 4.78 is 33.6. The molecule has 3 aromatic carbocycles. The molecule has 3 aromatic rings. The van der Waals surface area contributed by atoms with Gasteiger partial charge in [0.05, 0.1) is 11.5 Å². The third-order valence-corrected chi connectivity index (χ3v) is 6.68. The number of nitrogens with one attached hydrogen (secondary N) is 1. The van der Waals surface area contributed by atoms with E-state index in [0.29, 0.717) is 19.6 Å². The second-order valence-corrected chi connectivity index (χ2v) is 9.13. The Bertz CT molecular complexity index is 1160. The van der Waals surface area contributed by atoms with Crippen LogP contribution in [0.3, 0.4) is 0 Å². The van der Waals surface area contributed by atoms with Crippen LogP contribution in [0.1, 0.15) is 13.3 Å². The number of anilines is 1. The number of nitrogens with zero attached hydrogens (tertiary/aromatic N) is 1. The maximum Gasteiger partial charge on any atom is 0.240 e. The summed E-state index contributed by atoms with van der Waals surface area (Å²) in [6.07, 6.45) is 0.313. The van der Waals surface area contributed by atoms with E-state index in [1.165, 1.54) is 0 Å². The molecule has 0 radical (unpaired) electrons. The quantitative estimate of drug-likeness (QED) is 0.629.